The minimum atomic E-state index is 0.394. The SMILES string of the molecule is CC(C)CC(CN(C)C)NC(N)=NC1CCCC1. The molecule has 1 rings (SSSR count). The highest BCUT2D eigenvalue weighted by molar-refractivity contribution is 5.78. The Kier molecular flexibility index (Phi) is 6.47. The quantitative estimate of drug-likeness (QED) is 0.561. The van der Waals surface area contributed by atoms with Gasteiger partial charge in [-0.3, -0.25) is 4.99 Å². The van der Waals surface area contributed by atoms with Gasteiger partial charge in [0.1, 0.15) is 0 Å². The van der Waals surface area contributed by atoms with Crippen LogP contribution < -0.4 is 11.1 Å². The van der Waals surface area contributed by atoms with E-state index >= 15 is 0 Å². The van der Waals surface area contributed by atoms with Crippen LogP contribution in [0.25, 0.3) is 0 Å². The number of guanidine groups is 1. The normalized spacial score (nSPS) is 19.8. The first-order valence-electron chi connectivity index (χ1n) is 7.22. The maximum absolute atomic E-state index is 6.03. The van der Waals surface area contributed by atoms with Crippen molar-refractivity contribution >= 4 is 5.96 Å². The van der Waals surface area contributed by atoms with E-state index < -0.39 is 0 Å². The molecule has 0 spiro atoms. The van der Waals surface area contributed by atoms with Gasteiger partial charge in [-0.05, 0) is 39.3 Å². The molecule has 0 aromatic rings. The Balaban J connectivity index is 2.46. The molecule has 0 aromatic heterocycles. The smallest absolute Gasteiger partial charge is 0.189 e. The van der Waals surface area contributed by atoms with E-state index in [1.54, 1.807) is 0 Å². The molecule has 0 radical (unpaired) electrons. The summed E-state index contributed by atoms with van der Waals surface area (Å²) in [5, 5.41) is 3.39. The van der Waals surface area contributed by atoms with E-state index in [0.717, 1.165) is 13.0 Å². The highest BCUT2D eigenvalue weighted by atomic mass is 15.2. The van der Waals surface area contributed by atoms with Gasteiger partial charge in [0.2, 0.25) is 0 Å². The monoisotopic (exact) mass is 254 g/mol. The zero-order valence-corrected chi connectivity index (χ0v) is 12.4. The van der Waals surface area contributed by atoms with Gasteiger partial charge in [0.25, 0.3) is 0 Å². The van der Waals surface area contributed by atoms with Gasteiger partial charge >= 0.3 is 0 Å². The molecule has 0 heterocycles. The largest absolute Gasteiger partial charge is 0.370 e. The summed E-state index contributed by atoms with van der Waals surface area (Å²) in [7, 11) is 4.19. The standard InChI is InChI=1S/C14H30N4/c1-11(2)9-13(10-18(3)4)17-14(15)16-12-7-5-6-8-12/h11-13H,5-10H2,1-4H3,(H3,15,16,17). The second kappa shape index (κ2) is 7.62. The Labute approximate surface area is 112 Å². The van der Waals surface area contributed by atoms with E-state index in [9.17, 15) is 0 Å². The molecule has 1 aliphatic rings. The lowest BCUT2D eigenvalue weighted by Gasteiger charge is -2.24. The van der Waals surface area contributed by atoms with E-state index in [0.29, 0.717) is 24.0 Å². The van der Waals surface area contributed by atoms with Gasteiger partial charge in [0.15, 0.2) is 5.96 Å². The van der Waals surface area contributed by atoms with Crippen LogP contribution in [0.15, 0.2) is 4.99 Å². The molecule has 3 N–H and O–H groups in total. The second-order valence-corrected chi connectivity index (χ2v) is 6.19. The third kappa shape index (κ3) is 6.24. The number of likely N-dealkylation sites (N-methyl/N-ethyl adjacent to an activating group) is 1. The average molecular weight is 254 g/mol. The maximum Gasteiger partial charge on any atom is 0.189 e. The number of aliphatic imine (C=N–C) groups is 1. The summed E-state index contributed by atoms with van der Waals surface area (Å²) < 4.78 is 0. The van der Waals surface area contributed by atoms with E-state index in [2.05, 4.69) is 43.2 Å². The third-order valence-corrected chi connectivity index (χ3v) is 3.34. The van der Waals surface area contributed by atoms with Crippen LogP contribution in [0.4, 0.5) is 0 Å². The number of nitrogens with zero attached hydrogens (tertiary/aromatic N) is 2. The first-order valence-corrected chi connectivity index (χ1v) is 7.22. The van der Waals surface area contributed by atoms with Crippen LogP contribution >= 0.6 is 0 Å². The molecular formula is C14H30N4. The Bertz CT molecular complexity index is 245. The number of nitrogens with two attached hydrogens (primary N) is 1. The zero-order valence-electron chi connectivity index (χ0n) is 12.4. The zero-order chi connectivity index (χ0) is 13.5. The van der Waals surface area contributed by atoms with Crippen molar-refractivity contribution in [1.82, 2.24) is 10.2 Å². The van der Waals surface area contributed by atoms with Crippen molar-refractivity contribution in [3.8, 4) is 0 Å². The van der Waals surface area contributed by atoms with Crippen molar-refractivity contribution in [1.29, 1.82) is 0 Å². The van der Waals surface area contributed by atoms with E-state index in [1.165, 1.54) is 25.7 Å². The van der Waals surface area contributed by atoms with Gasteiger partial charge in [-0.1, -0.05) is 26.7 Å². The summed E-state index contributed by atoms with van der Waals surface area (Å²) in [6, 6.07) is 0.849. The van der Waals surface area contributed by atoms with Crippen molar-refractivity contribution in [2.75, 3.05) is 20.6 Å². The molecule has 0 amide bonds. The molecule has 0 aromatic carbocycles. The summed E-state index contributed by atoms with van der Waals surface area (Å²) in [6.07, 6.45) is 6.12. The van der Waals surface area contributed by atoms with Gasteiger partial charge < -0.3 is 16.0 Å². The average Bonchev–Trinajstić information content (AvgIpc) is 2.67. The molecule has 0 bridgehead atoms. The summed E-state index contributed by atoms with van der Waals surface area (Å²) >= 11 is 0. The van der Waals surface area contributed by atoms with Gasteiger partial charge in [-0.25, -0.2) is 0 Å². The van der Waals surface area contributed by atoms with Crippen LogP contribution in [0, 0.1) is 5.92 Å². The minimum absolute atomic E-state index is 0.394. The van der Waals surface area contributed by atoms with Gasteiger partial charge in [0.05, 0.1) is 6.04 Å². The lowest BCUT2D eigenvalue weighted by Crippen LogP contribution is -2.46. The number of nitrogens with one attached hydrogen (secondary N) is 1. The molecule has 0 saturated heterocycles. The fraction of sp³-hybridized carbons (Fsp3) is 0.929. The Morgan fingerprint density at radius 1 is 1.33 bits per heavy atom. The summed E-state index contributed by atoms with van der Waals surface area (Å²) in [5.41, 5.74) is 6.03. The van der Waals surface area contributed by atoms with Crippen LogP contribution in [-0.2, 0) is 0 Å². The van der Waals surface area contributed by atoms with Gasteiger partial charge in [0, 0.05) is 12.6 Å². The number of hydrogen-bond donors (Lipinski definition) is 2. The number of hydrogen-bond acceptors (Lipinski definition) is 2. The van der Waals surface area contributed by atoms with Crippen molar-refractivity contribution in [2.45, 2.75) is 58.0 Å². The van der Waals surface area contributed by atoms with Crippen LogP contribution in [0.3, 0.4) is 0 Å². The molecule has 1 fully saturated rings. The molecule has 1 aliphatic carbocycles. The molecule has 1 saturated carbocycles. The van der Waals surface area contributed by atoms with E-state index in [1.807, 2.05) is 0 Å². The first kappa shape index (κ1) is 15.3. The van der Waals surface area contributed by atoms with E-state index in [-0.39, 0.29) is 0 Å². The molecule has 4 heteroatoms. The predicted molar refractivity (Wildman–Crippen MR) is 78.8 cm³/mol. The second-order valence-electron chi connectivity index (χ2n) is 6.19. The highest BCUT2D eigenvalue weighted by Crippen LogP contribution is 2.20. The molecule has 1 unspecified atom stereocenters. The molecule has 18 heavy (non-hydrogen) atoms. The van der Waals surface area contributed by atoms with Crippen molar-refractivity contribution in [3.63, 3.8) is 0 Å². The van der Waals surface area contributed by atoms with Crippen LogP contribution in [0.1, 0.15) is 46.0 Å². The summed E-state index contributed by atoms with van der Waals surface area (Å²) in [6.45, 7) is 5.49. The fourth-order valence-corrected chi connectivity index (χ4v) is 2.67. The van der Waals surface area contributed by atoms with Gasteiger partial charge in [-0.15, -0.1) is 0 Å². The molecule has 1 atom stereocenters. The topological polar surface area (TPSA) is 53.6 Å². The minimum Gasteiger partial charge on any atom is -0.370 e. The Morgan fingerprint density at radius 2 is 1.94 bits per heavy atom. The van der Waals surface area contributed by atoms with Crippen LogP contribution in [0.5, 0.6) is 0 Å². The predicted octanol–water partition coefficient (Wildman–Crippen LogP) is 1.81. The molecule has 4 nitrogen and oxygen atoms in total. The van der Waals surface area contributed by atoms with Crippen molar-refractivity contribution in [2.24, 2.45) is 16.6 Å². The molecule has 0 aliphatic heterocycles. The van der Waals surface area contributed by atoms with E-state index in [4.69, 9.17) is 5.73 Å². The number of rotatable bonds is 6. The maximum atomic E-state index is 6.03. The van der Waals surface area contributed by atoms with Gasteiger partial charge in [-0.2, -0.15) is 0 Å². The van der Waals surface area contributed by atoms with Crippen molar-refractivity contribution in [3.05, 3.63) is 0 Å². The third-order valence-electron chi connectivity index (χ3n) is 3.34. The Morgan fingerprint density at radius 3 is 2.44 bits per heavy atom. The first-order chi connectivity index (χ1) is 8.47. The van der Waals surface area contributed by atoms with Crippen molar-refractivity contribution < 1.29 is 0 Å². The highest BCUT2D eigenvalue weighted by Gasteiger charge is 2.16. The summed E-state index contributed by atoms with van der Waals surface area (Å²) in [4.78, 5) is 6.79. The molecular weight excluding hydrogens is 224 g/mol. The molecule has 106 valence electrons. The Hall–Kier alpha value is -0.770. The summed E-state index contributed by atoms with van der Waals surface area (Å²) in [5.74, 6) is 1.30. The van der Waals surface area contributed by atoms with Crippen LogP contribution in [-0.4, -0.2) is 43.6 Å². The fourth-order valence-electron chi connectivity index (χ4n) is 2.67. The lowest BCUT2D eigenvalue weighted by molar-refractivity contribution is 0.327. The van der Waals surface area contributed by atoms with Crippen LogP contribution in [0.2, 0.25) is 0 Å². The lowest BCUT2D eigenvalue weighted by atomic mass is 10.0.